The Morgan fingerprint density at radius 1 is 0.967 bits per heavy atom. The second-order valence-corrected chi connectivity index (χ2v) is 8.74. The molecule has 3 aromatic rings. The molecule has 0 N–H and O–H groups in total. The number of fused-ring (bicyclic) bond motifs is 3. The molecule has 0 aromatic heterocycles. The fourth-order valence-corrected chi connectivity index (χ4v) is 5.15. The van der Waals surface area contributed by atoms with Gasteiger partial charge in [-0.25, -0.2) is 0 Å². The molecule has 2 nitrogen and oxygen atoms in total. The van der Waals surface area contributed by atoms with Gasteiger partial charge in [0.15, 0.2) is 5.78 Å². The van der Waals surface area contributed by atoms with E-state index in [0.717, 1.165) is 29.7 Å². The van der Waals surface area contributed by atoms with Crippen LogP contribution >= 0.6 is 0 Å². The van der Waals surface area contributed by atoms with E-state index in [1.165, 1.54) is 11.1 Å². The molecule has 1 unspecified atom stereocenters. The van der Waals surface area contributed by atoms with Gasteiger partial charge in [0.25, 0.3) is 0 Å². The fraction of sp³-hybridized carbons (Fsp3) is 0.250. The highest BCUT2D eigenvalue weighted by Gasteiger charge is 2.47. The van der Waals surface area contributed by atoms with E-state index >= 15 is 0 Å². The van der Waals surface area contributed by atoms with Crippen LogP contribution in [-0.2, 0) is 17.8 Å². The van der Waals surface area contributed by atoms with E-state index in [1.807, 2.05) is 42.5 Å². The molecule has 0 spiro atoms. The summed E-state index contributed by atoms with van der Waals surface area (Å²) in [6.45, 7) is 2.87. The molecule has 0 fully saturated rings. The lowest BCUT2D eigenvalue weighted by Crippen LogP contribution is -2.39. The number of allylic oxidation sites excluding steroid dienone is 2. The van der Waals surface area contributed by atoms with Crippen molar-refractivity contribution in [2.75, 3.05) is 0 Å². The maximum absolute atomic E-state index is 13.0. The Hall–Kier alpha value is -3.13. The van der Waals surface area contributed by atoms with Crippen LogP contribution in [-0.4, -0.2) is 5.78 Å². The summed E-state index contributed by atoms with van der Waals surface area (Å²) < 4.78 is 6.07. The zero-order valence-electron chi connectivity index (χ0n) is 17.3. The molecule has 0 aliphatic heterocycles. The Balaban J connectivity index is 1.49. The van der Waals surface area contributed by atoms with Crippen molar-refractivity contribution in [2.24, 2.45) is 5.41 Å². The summed E-state index contributed by atoms with van der Waals surface area (Å²) in [7, 11) is 0. The first-order valence-electron chi connectivity index (χ1n) is 10.7. The first kappa shape index (κ1) is 18.9. The normalized spacial score (nSPS) is 24.8. The lowest BCUT2D eigenvalue weighted by atomic mass is 9.56. The summed E-state index contributed by atoms with van der Waals surface area (Å²) in [5.74, 6) is 1.14. The van der Waals surface area contributed by atoms with Gasteiger partial charge in [0, 0.05) is 5.92 Å². The monoisotopic (exact) mass is 394 g/mol. The molecule has 3 atom stereocenters. The molecule has 0 radical (unpaired) electrons. The Labute approximate surface area is 178 Å². The smallest absolute Gasteiger partial charge is 0.163 e. The van der Waals surface area contributed by atoms with Crippen molar-refractivity contribution >= 4 is 5.78 Å². The van der Waals surface area contributed by atoms with Gasteiger partial charge in [0.2, 0.25) is 0 Å². The predicted octanol–water partition coefficient (Wildman–Crippen LogP) is 6.22. The number of benzene rings is 3. The van der Waals surface area contributed by atoms with Gasteiger partial charge in [-0.1, -0.05) is 79.7 Å². The Morgan fingerprint density at radius 3 is 2.47 bits per heavy atom. The minimum absolute atomic E-state index is 0.00612. The van der Waals surface area contributed by atoms with Gasteiger partial charge < -0.3 is 4.74 Å². The van der Waals surface area contributed by atoms with Crippen LogP contribution in [0.25, 0.3) is 0 Å². The van der Waals surface area contributed by atoms with Crippen molar-refractivity contribution in [1.29, 1.82) is 0 Å². The second kappa shape index (κ2) is 7.60. The number of ketones is 1. The minimum atomic E-state index is -0.128. The van der Waals surface area contributed by atoms with E-state index in [4.69, 9.17) is 4.74 Å². The lowest BCUT2D eigenvalue weighted by Gasteiger charge is -2.46. The summed E-state index contributed by atoms with van der Waals surface area (Å²) in [6.07, 6.45) is 6.02. The topological polar surface area (TPSA) is 26.3 Å². The van der Waals surface area contributed by atoms with Crippen LogP contribution in [0.4, 0.5) is 0 Å². The molecule has 0 saturated heterocycles. The highest BCUT2D eigenvalue weighted by atomic mass is 16.5. The van der Waals surface area contributed by atoms with Crippen LogP contribution < -0.4 is 4.74 Å². The average molecular weight is 395 g/mol. The van der Waals surface area contributed by atoms with Gasteiger partial charge in [0.1, 0.15) is 12.4 Å². The first-order chi connectivity index (χ1) is 14.6. The summed E-state index contributed by atoms with van der Waals surface area (Å²) in [5.41, 5.74) is 4.87. The van der Waals surface area contributed by atoms with Crippen LogP contribution in [0, 0.1) is 5.41 Å². The van der Waals surface area contributed by atoms with Crippen LogP contribution in [0.2, 0.25) is 0 Å². The number of ether oxygens (including phenoxy) is 1. The van der Waals surface area contributed by atoms with Gasteiger partial charge in [0.05, 0.1) is 5.92 Å². The molecule has 3 aromatic carbocycles. The zero-order valence-corrected chi connectivity index (χ0v) is 17.3. The molecule has 2 heteroatoms. The summed E-state index contributed by atoms with van der Waals surface area (Å²) in [5, 5.41) is 0. The number of hydrogen-bond donors (Lipinski definition) is 0. The largest absolute Gasteiger partial charge is 0.489 e. The number of carbonyl (C=O) groups is 1. The van der Waals surface area contributed by atoms with Gasteiger partial charge in [-0.15, -0.1) is 0 Å². The van der Waals surface area contributed by atoms with Gasteiger partial charge in [-0.3, -0.25) is 4.79 Å². The SMILES string of the molecule is CC12C=CC(=O)[C@@H](c3ccccc3)[C@@H]1c1ccc(OCc3ccccc3)cc1CC2. The molecule has 2 aliphatic carbocycles. The van der Waals surface area contributed by atoms with Crippen LogP contribution in [0.5, 0.6) is 5.75 Å². The van der Waals surface area contributed by atoms with E-state index < -0.39 is 0 Å². The number of rotatable bonds is 4. The molecular weight excluding hydrogens is 368 g/mol. The molecule has 0 heterocycles. The maximum Gasteiger partial charge on any atom is 0.163 e. The van der Waals surface area contributed by atoms with Crippen LogP contribution in [0.3, 0.4) is 0 Å². The Bertz CT molecular complexity index is 1080. The van der Waals surface area contributed by atoms with Crippen LogP contribution in [0.1, 0.15) is 47.4 Å². The molecule has 30 heavy (non-hydrogen) atoms. The van der Waals surface area contributed by atoms with E-state index in [1.54, 1.807) is 0 Å². The van der Waals surface area contributed by atoms with Crippen LogP contribution in [0.15, 0.2) is 91.0 Å². The molecule has 2 aliphatic rings. The summed E-state index contributed by atoms with van der Waals surface area (Å²) in [4.78, 5) is 13.0. The fourth-order valence-electron chi connectivity index (χ4n) is 5.15. The Morgan fingerprint density at radius 2 is 1.70 bits per heavy atom. The van der Waals surface area contributed by atoms with E-state index in [2.05, 4.69) is 55.5 Å². The van der Waals surface area contributed by atoms with E-state index in [0.29, 0.717) is 6.61 Å². The maximum atomic E-state index is 13.0. The third-order valence-electron chi connectivity index (χ3n) is 6.77. The van der Waals surface area contributed by atoms with Gasteiger partial charge in [-0.05, 0) is 58.7 Å². The molecule has 0 saturated carbocycles. The Kier molecular flexibility index (Phi) is 4.78. The quantitative estimate of drug-likeness (QED) is 0.525. The van der Waals surface area contributed by atoms with Gasteiger partial charge >= 0.3 is 0 Å². The standard InChI is InChI=1S/C28H26O2/c1-28-16-14-22-18-23(30-19-20-8-4-2-5-9-20)12-13-24(22)27(28)26(25(29)15-17-28)21-10-6-3-7-11-21/h2-13,15,17-18,26-27H,14,16,19H2,1H3/t26-,27+,28?/m1/s1. The average Bonchev–Trinajstić information content (AvgIpc) is 2.79. The second-order valence-electron chi connectivity index (χ2n) is 8.74. The minimum Gasteiger partial charge on any atom is -0.489 e. The van der Waals surface area contributed by atoms with E-state index in [-0.39, 0.29) is 23.0 Å². The number of carbonyl (C=O) groups excluding carboxylic acids is 1. The molecule has 0 amide bonds. The highest BCUT2D eigenvalue weighted by molar-refractivity contribution is 5.97. The van der Waals surface area contributed by atoms with E-state index in [9.17, 15) is 4.79 Å². The molecular formula is C28H26O2. The number of hydrogen-bond acceptors (Lipinski definition) is 2. The van der Waals surface area contributed by atoms with Crippen molar-refractivity contribution in [3.05, 3.63) is 113 Å². The first-order valence-corrected chi connectivity index (χ1v) is 10.7. The van der Waals surface area contributed by atoms with Crippen molar-refractivity contribution in [2.45, 2.75) is 38.2 Å². The van der Waals surface area contributed by atoms with Gasteiger partial charge in [-0.2, -0.15) is 0 Å². The third kappa shape index (κ3) is 3.37. The lowest BCUT2D eigenvalue weighted by molar-refractivity contribution is -0.117. The van der Waals surface area contributed by atoms with Crippen molar-refractivity contribution in [1.82, 2.24) is 0 Å². The molecule has 0 bridgehead atoms. The number of aryl methyl sites for hydroxylation is 1. The molecule has 150 valence electrons. The summed E-state index contributed by atoms with van der Waals surface area (Å²) >= 11 is 0. The third-order valence-corrected chi connectivity index (χ3v) is 6.77. The van der Waals surface area contributed by atoms with Crippen molar-refractivity contribution < 1.29 is 9.53 Å². The highest BCUT2D eigenvalue weighted by Crippen LogP contribution is 2.55. The summed E-state index contributed by atoms with van der Waals surface area (Å²) in [6, 6.07) is 26.9. The molecule has 5 rings (SSSR count). The predicted molar refractivity (Wildman–Crippen MR) is 120 cm³/mol. The zero-order chi connectivity index (χ0) is 20.6. The van der Waals surface area contributed by atoms with Crippen molar-refractivity contribution in [3.8, 4) is 5.75 Å². The van der Waals surface area contributed by atoms with Crippen molar-refractivity contribution in [3.63, 3.8) is 0 Å².